The van der Waals surface area contributed by atoms with E-state index in [0.717, 1.165) is 63.2 Å². The molecule has 1 aromatic rings. The van der Waals surface area contributed by atoms with E-state index in [-0.39, 0.29) is 11.3 Å². The summed E-state index contributed by atoms with van der Waals surface area (Å²) in [6, 6.07) is 0. The molecule has 0 radical (unpaired) electrons. The smallest absolute Gasteiger partial charge is 0.255 e. The molecule has 3 aliphatic rings. The molecule has 1 spiro atoms. The van der Waals surface area contributed by atoms with Gasteiger partial charge in [0.15, 0.2) is 0 Å². The van der Waals surface area contributed by atoms with E-state index in [2.05, 4.69) is 23.8 Å². The number of amides is 1. The SMILES string of the molecule is CCc1nn(CC2(C)CC2)c2c1C(=O)NCC1(CCOCC1)C2. The van der Waals surface area contributed by atoms with Crippen LogP contribution < -0.4 is 5.32 Å². The van der Waals surface area contributed by atoms with E-state index in [4.69, 9.17) is 9.84 Å². The van der Waals surface area contributed by atoms with Crippen molar-refractivity contribution in [1.29, 1.82) is 0 Å². The van der Waals surface area contributed by atoms with Gasteiger partial charge in [0.05, 0.1) is 17.0 Å². The minimum atomic E-state index is 0.0763. The van der Waals surface area contributed by atoms with Crippen LogP contribution in [-0.2, 0) is 24.1 Å². The molecule has 126 valence electrons. The first kappa shape index (κ1) is 15.2. The van der Waals surface area contributed by atoms with Gasteiger partial charge in [-0.05, 0) is 49.4 Å². The number of aromatic nitrogens is 2. The van der Waals surface area contributed by atoms with Crippen molar-refractivity contribution in [2.24, 2.45) is 10.8 Å². The maximum absolute atomic E-state index is 12.7. The molecule has 1 aliphatic carbocycles. The van der Waals surface area contributed by atoms with Gasteiger partial charge in [0.2, 0.25) is 0 Å². The highest BCUT2D eigenvalue weighted by molar-refractivity contribution is 5.97. The summed E-state index contributed by atoms with van der Waals surface area (Å²) < 4.78 is 7.73. The Morgan fingerprint density at radius 3 is 2.65 bits per heavy atom. The van der Waals surface area contributed by atoms with Gasteiger partial charge in [-0.2, -0.15) is 5.10 Å². The standard InChI is InChI=1S/C18H27N3O2/c1-3-13-15-14(21(20-13)12-17(2)4-5-17)10-18(11-19-16(15)22)6-8-23-9-7-18/h3-12H2,1-2H3,(H,19,22). The van der Waals surface area contributed by atoms with Gasteiger partial charge in [0, 0.05) is 26.3 Å². The van der Waals surface area contributed by atoms with Gasteiger partial charge in [-0.25, -0.2) is 0 Å². The number of hydrogen-bond donors (Lipinski definition) is 1. The van der Waals surface area contributed by atoms with Gasteiger partial charge in [-0.1, -0.05) is 13.8 Å². The molecule has 0 bridgehead atoms. The fourth-order valence-electron chi connectivity index (χ4n) is 4.04. The molecular formula is C18H27N3O2. The topological polar surface area (TPSA) is 56.2 Å². The van der Waals surface area contributed by atoms with Crippen LogP contribution in [0.1, 0.15) is 61.3 Å². The Morgan fingerprint density at radius 2 is 2.00 bits per heavy atom. The molecule has 0 unspecified atom stereocenters. The van der Waals surface area contributed by atoms with Crippen LogP contribution >= 0.6 is 0 Å². The third-order valence-electron chi connectivity index (χ3n) is 6.05. The fourth-order valence-corrected chi connectivity index (χ4v) is 4.04. The molecule has 1 N–H and O–H groups in total. The largest absolute Gasteiger partial charge is 0.381 e. The number of carbonyl (C=O) groups is 1. The van der Waals surface area contributed by atoms with E-state index >= 15 is 0 Å². The molecule has 4 rings (SSSR count). The Morgan fingerprint density at radius 1 is 1.26 bits per heavy atom. The van der Waals surface area contributed by atoms with Gasteiger partial charge >= 0.3 is 0 Å². The van der Waals surface area contributed by atoms with Crippen molar-refractivity contribution in [3.63, 3.8) is 0 Å². The lowest BCUT2D eigenvalue weighted by Crippen LogP contribution is -2.40. The number of nitrogens with zero attached hydrogens (tertiary/aromatic N) is 2. The van der Waals surface area contributed by atoms with E-state index in [1.54, 1.807) is 0 Å². The van der Waals surface area contributed by atoms with Crippen LogP contribution in [0.15, 0.2) is 0 Å². The number of ether oxygens (including phenoxy) is 1. The lowest BCUT2D eigenvalue weighted by atomic mass is 9.76. The van der Waals surface area contributed by atoms with Gasteiger partial charge in [-0.3, -0.25) is 9.48 Å². The molecule has 5 nitrogen and oxygen atoms in total. The van der Waals surface area contributed by atoms with Gasteiger partial charge in [0.1, 0.15) is 0 Å². The number of rotatable bonds is 3. The Balaban J connectivity index is 1.75. The van der Waals surface area contributed by atoms with Crippen LogP contribution in [-0.4, -0.2) is 35.4 Å². The van der Waals surface area contributed by atoms with E-state index in [1.807, 2.05) is 0 Å². The summed E-state index contributed by atoms with van der Waals surface area (Å²) in [5.41, 5.74) is 3.53. The lowest BCUT2D eigenvalue weighted by molar-refractivity contribution is 0.0151. The zero-order valence-electron chi connectivity index (χ0n) is 14.3. The van der Waals surface area contributed by atoms with Crippen LogP contribution in [0.3, 0.4) is 0 Å². The van der Waals surface area contributed by atoms with Crippen molar-refractivity contribution in [3.05, 3.63) is 17.0 Å². The van der Waals surface area contributed by atoms with Crippen LogP contribution in [0, 0.1) is 10.8 Å². The molecule has 0 aromatic carbocycles. The van der Waals surface area contributed by atoms with Crippen LogP contribution in [0.2, 0.25) is 0 Å². The Bertz CT molecular complexity index is 624. The molecular weight excluding hydrogens is 290 g/mol. The van der Waals surface area contributed by atoms with Crippen molar-refractivity contribution >= 4 is 5.91 Å². The highest BCUT2D eigenvalue weighted by Gasteiger charge is 2.42. The molecule has 2 fully saturated rings. The molecule has 23 heavy (non-hydrogen) atoms. The van der Waals surface area contributed by atoms with Gasteiger partial charge < -0.3 is 10.1 Å². The molecule has 1 saturated heterocycles. The molecule has 2 aliphatic heterocycles. The first-order valence-electron chi connectivity index (χ1n) is 8.99. The Labute approximate surface area is 137 Å². The summed E-state index contributed by atoms with van der Waals surface area (Å²) in [7, 11) is 0. The summed E-state index contributed by atoms with van der Waals surface area (Å²) >= 11 is 0. The number of fused-ring (bicyclic) bond motifs is 1. The Kier molecular flexibility index (Phi) is 3.52. The maximum Gasteiger partial charge on any atom is 0.255 e. The van der Waals surface area contributed by atoms with Crippen molar-refractivity contribution in [3.8, 4) is 0 Å². The van der Waals surface area contributed by atoms with E-state index < -0.39 is 0 Å². The summed E-state index contributed by atoms with van der Waals surface area (Å²) in [4.78, 5) is 12.7. The quantitative estimate of drug-likeness (QED) is 0.931. The molecule has 3 heterocycles. The first-order valence-corrected chi connectivity index (χ1v) is 8.99. The van der Waals surface area contributed by atoms with E-state index in [0.29, 0.717) is 5.41 Å². The second-order valence-corrected chi connectivity index (χ2v) is 8.06. The predicted octanol–water partition coefficient (Wildman–Crippen LogP) is 2.33. The van der Waals surface area contributed by atoms with Gasteiger partial charge in [-0.15, -0.1) is 0 Å². The normalized spacial score (nSPS) is 24.9. The third-order valence-corrected chi connectivity index (χ3v) is 6.05. The van der Waals surface area contributed by atoms with Crippen LogP contribution in [0.25, 0.3) is 0 Å². The van der Waals surface area contributed by atoms with Crippen LogP contribution in [0.4, 0.5) is 0 Å². The second-order valence-electron chi connectivity index (χ2n) is 8.06. The number of nitrogens with one attached hydrogen (secondary N) is 1. The molecule has 0 atom stereocenters. The minimum absolute atomic E-state index is 0.0763. The highest BCUT2D eigenvalue weighted by Crippen LogP contribution is 2.47. The zero-order valence-corrected chi connectivity index (χ0v) is 14.3. The average molecular weight is 317 g/mol. The first-order chi connectivity index (χ1) is 11.0. The summed E-state index contributed by atoms with van der Waals surface area (Å²) in [6.07, 6.45) is 6.36. The fraction of sp³-hybridized carbons (Fsp3) is 0.778. The zero-order chi connectivity index (χ0) is 16.1. The summed E-state index contributed by atoms with van der Waals surface area (Å²) in [5.74, 6) is 0.0763. The van der Waals surface area contributed by atoms with Crippen LogP contribution in [0.5, 0.6) is 0 Å². The number of carbonyl (C=O) groups excluding carboxylic acids is 1. The van der Waals surface area contributed by atoms with Crippen molar-refractivity contribution < 1.29 is 9.53 Å². The minimum Gasteiger partial charge on any atom is -0.381 e. The number of aryl methyl sites for hydroxylation is 1. The highest BCUT2D eigenvalue weighted by atomic mass is 16.5. The van der Waals surface area contributed by atoms with Gasteiger partial charge in [0.25, 0.3) is 5.91 Å². The molecule has 1 amide bonds. The third kappa shape index (κ3) is 2.69. The summed E-state index contributed by atoms with van der Waals surface area (Å²) in [6.45, 7) is 7.75. The summed E-state index contributed by atoms with van der Waals surface area (Å²) in [5, 5.41) is 8.01. The lowest BCUT2D eigenvalue weighted by Gasteiger charge is -2.36. The molecule has 5 heteroatoms. The van der Waals surface area contributed by atoms with Crippen molar-refractivity contribution in [2.45, 2.75) is 58.9 Å². The van der Waals surface area contributed by atoms with E-state index in [1.165, 1.54) is 18.5 Å². The van der Waals surface area contributed by atoms with Crippen molar-refractivity contribution in [2.75, 3.05) is 19.8 Å². The predicted molar refractivity (Wildman–Crippen MR) is 87.5 cm³/mol. The maximum atomic E-state index is 12.7. The van der Waals surface area contributed by atoms with Crippen molar-refractivity contribution in [1.82, 2.24) is 15.1 Å². The Hall–Kier alpha value is -1.36. The second kappa shape index (κ2) is 5.33. The average Bonchev–Trinajstić information content (AvgIpc) is 3.21. The monoisotopic (exact) mass is 317 g/mol. The van der Waals surface area contributed by atoms with E-state index in [9.17, 15) is 4.79 Å². The molecule has 1 saturated carbocycles. The molecule has 1 aromatic heterocycles. The number of hydrogen-bond acceptors (Lipinski definition) is 3.